The first-order chi connectivity index (χ1) is 6.20. The van der Waals surface area contributed by atoms with Crippen LogP contribution in [0.4, 0.5) is 5.95 Å². The van der Waals surface area contributed by atoms with Gasteiger partial charge in [-0.25, -0.2) is 4.98 Å². The molecule has 0 spiro atoms. The summed E-state index contributed by atoms with van der Waals surface area (Å²) in [6.45, 7) is 5.16. The van der Waals surface area contributed by atoms with Gasteiger partial charge in [0, 0.05) is 26.0 Å². The van der Waals surface area contributed by atoms with E-state index in [2.05, 4.69) is 30.2 Å². The molecule has 3 heteroatoms. The van der Waals surface area contributed by atoms with E-state index in [1.807, 2.05) is 17.8 Å². The van der Waals surface area contributed by atoms with E-state index < -0.39 is 0 Å². The molecule has 0 radical (unpaired) electrons. The predicted molar refractivity (Wildman–Crippen MR) is 55.7 cm³/mol. The molecule has 0 unspecified atom stereocenters. The van der Waals surface area contributed by atoms with Gasteiger partial charge in [-0.1, -0.05) is 11.6 Å². The van der Waals surface area contributed by atoms with Gasteiger partial charge < -0.3 is 9.88 Å². The maximum Gasteiger partial charge on any atom is 0.202 e. The summed E-state index contributed by atoms with van der Waals surface area (Å²) in [5.74, 6) is 0.933. The van der Waals surface area contributed by atoms with Crippen LogP contribution in [-0.4, -0.2) is 16.1 Å². The van der Waals surface area contributed by atoms with Crippen LogP contribution in [-0.2, 0) is 7.05 Å². The van der Waals surface area contributed by atoms with Crippen molar-refractivity contribution in [1.82, 2.24) is 9.55 Å². The Hall–Kier alpha value is -1.25. The lowest BCUT2D eigenvalue weighted by molar-refractivity contribution is 0.894. The topological polar surface area (TPSA) is 29.9 Å². The van der Waals surface area contributed by atoms with Gasteiger partial charge in [0.05, 0.1) is 0 Å². The lowest BCUT2D eigenvalue weighted by atomic mass is 10.3. The molecule has 0 aliphatic carbocycles. The molecule has 1 aromatic heterocycles. The van der Waals surface area contributed by atoms with E-state index in [1.54, 1.807) is 6.20 Å². The van der Waals surface area contributed by atoms with E-state index in [1.165, 1.54) is 5.57 Å². The summed E-state index contributed by atoms with van der Waals surface area (Å²) in [7, 11) is 1.98. The zero-order valence-electron chi connectivity index (χ0n) is 8.54. The number of hydrogen-bond donors (Lipinski definition) is 1. The van der Waals surface area contributed by atoms with E-state index in [0.29, 0.717) is 0 Å². The standard InChI is InChI=1S/C10H17N3/c1-9(2)5-4-6-11-10-12-7-8-13(10)3/h5,7-8H,4,6H2,1-3H3,(H,11,12). The van der Waals surface area contributed by atoms with Crippen LogP contribution >= 0.6 is 0 Å². The van der Waals surface area contributed by atoms with Gasteiger partial charge in [0.2, 0.25) is 5.95 Å². The van der Waals surface area contributed by atoms with Crippen LogP contribution < -0.4 is 5.32 Å². The van der Waals surface area contributed by atoms with Crippen molar-refractivity contribution in [3.8, 4) is 0 Å². The summed E-state index contributed by atoms with van der Waals surface area (Å²) in [6, 6.07) is 0. The summed E-state index contributed by atoms with van der Waals surface area (Å²) < 4.78 is 1.97. The Morgan fingerprint density at radius 3 is 2.92 bits per heavy atom. The molecule has 0 saturated carbocycles. The quantitative estimate of drug-likeness (QED) is 0.567. The van der Waals surface area contributed by atoms with Crippen molar-refractivity contribution in [2.45, 2.75) is 20.3 Å². The van der Waals surface area contributed by atoms with Gasteiger partial charge in [0.15, 0.2) is 0 Å². The van der Waals surface area contributed by atoms with Crippen molar-refractivity contribution in [2.24, 2.45) is 7.05 Å². The van der Waals surface area contributed by atoms with E-state index in [-0.39, 0.29) is 0 Å². The normalized spacial score (nSPS) is 9.77. The molecule has 3 nitrogen and oxygen atoms in total. The number of nitrogens with zero attached hydrogens (tertiary/aromatic N) is 2. The molecule has 13 heavy (non-hydrogen) atoms. The average molecular weight is 179 g/mol. The monoisotopic (exact) mass is 179 g/mol. The first kappa shape index (κ1) is 9.84. The maximum atomic E-state index is 4.16. The van der Waals surface area contributed by atoms with E-state index in [0.717, 1.165) is 18.9 Å². The van der Waals surface area contributed by atoms with Gasteiger partial charge in [-0.2, -0.15) is 0 Å². The van der Waals surface area contributed by atoms with Crippen molar-refractivity contribution in [2.75, 3.05) is 11.9 Å². The molecule has 0 aliphatic rings. The van der Waals surface area contributed by atoms with Gasteiger partial charge in [0.25, 0.3) is 0 Å². The Morgan fingerprint density at radius 1 is 1.62 bits per heavy atom. The fourth-order valence-electron chi connectivity index (χ4n) is 1.08. The van der Waals surface area contributed by atoms with Gasteiger partial charge in [0.1, 0.15) is 0 Å². The SMILES string of the molecule is CC(C)=CCCNc1nccn1C. The number of aryl methyl sites for hydroxylation is 1. The number of rotatable bonds is 4. The third kappa shape index (κ3) is 3.32. The van der Waals surface area contributed by atoms with Crippen LogP contribution in [0.3, 0.4) is 0 Å². The molecular formula is C10H17N3. The molecule has 1 aromatic rings. The van der Waals surface area contributed by atoms with Crippen LogP contribution in [0.2, 0.25) is 0 Å². The summed E-state index contributed by atoms with van der Waals surface area (Å²) >= 11 is 0. The highest BCUT2D eigenvalue weighted by molar-refractivity contribution is 5.25. The molecule has 0 saturated heterocycles. The van der Waals surface area contributed by atoms with E-state index in [9.17, 15) is 0 Å². The van der Waals surface area contributed by atoms with Crippen LogP contribution in [0.5, 0.6) is 0 Å². The maximum absolute atomic E-state index is 4.16. The molecule has 72 valence electrons. The molecule has 1 heterocycles. The molecule has 0 amide bonds. The molecule has 0 bridgehead atoms. The van der Waals surface area contributed by atoms with Crippen LogP contribution in [0.1, 0.15) is 20.3 Å². The largest absolute Gasteiger partial charge is 0.355 e. The highest BCUT2D eigenvalue weighted by atomic mass is 15.2. The molecular weight excluding hydrogens is 162 g/mol. The van der Waals surface area contributed by atoms with Crippen LogP contribution in [0.25, 0.3) is 0 Å². The fourth-order valence-corrected chi connectivity index (χ4v) is 1.08. The lowest BCUT2D eigenvalue weighted by Gasteiger charge is -2.03. The third-order valence-corrected chi connectivity index (χ3v) is 1.80. The number of imidazole rings is 1. The summed E-state index contributed by atoms with van der Waals surface area (Å²) in [5.41, 5.74) is 1.36. The van der Waals surface area contributed by atoms with Crippen molar-refractivity contribution < 1.29 is 0 Å². The number of nitrogens with one attached hydrogen (secondary N) is 1. The molecule has 0 aliphatic heterocycles. The van der Waals surface area contributed by atoms with Crippen molar-refractivity contribution in [1.29, 1.82) is 0 Å². The minimum absolute atomic E-state index is 0.933. The Bertz CT molecular complexity index is 282. The van der Waals surface area contributed by atoms with Crippen molar-refractivity contribution >= 4 is 5.95 Å². The summed E-state index contributed by atoms with van der Waals surface area (Å²) in [4.78, 5) is 4.16. The molecule has 1 N–H and O–H groups in total. The second-order valence-electron chi connectivity index (χ2n) is 3.36. The fraction of sp³-hybridized carbons (Fsp3) is 0.500. The highest BCUT2D eigenvalue weighted by Crippen LogP contribution is 2.01. The van der Waals surface area contributed by atoms with Gasteiger partial charge in [-0.05, 0) is 20.3 Å². The highest BCUT2D eigenvalue weighted by Gasteiger charge is 1.94. The second kappa shape index (κ2) is 4.70. The predicted octanol–water partition coefficient (Wildman–Crippen LogP) is 2.19. The number of allylic oxidation sites excluding steroid dienone is 1. The van der Waals surface area contributed by atoms with Gasteiger partial charge in [-0.3, -0.25) is 0 Å². The molecule has 1 rings (SSSR count). The molecule has 0 aromatic carbocycles. The Labute approximate surface area is 79.5 Å². The van der Waals surface area contributed by atoms with Crippen molar-refractivity contribution in [3.63, 3.8) is 0 Å². The summed E-state index contributed by atoms with van der Waals surface area (Å²) in [6.07, 6.45) is 7.00. The Kier molecular flexibility index (Phi) is 3.55. The number of aromatic nitrogens is 2. The Balaban J connectivity index is 2.28. The average Bonchev–Trinajstić information content (AvgIpc) is 2.45. The lowest BCUT2D eigenvalue weighted by Crippen LogP contribution is -2.05. The molecule has 0 atom stereocenters. The minimum Gasteiger partial charge on any atom is -0.355 e. The molecule has 0 fully saturated rings. The first-order valence-corrected chi connectivity index (χ1v) is 4.54. The smallest absolute Gasteiger partial charge is 0.202 e. The van der Waals surface area contributed by atoms with E-state index in [4.69, 9.17) is 0 Å². The zero-order valence-corrected chi connectivity index (χ0v) is 8.54. The zero-order chi connectivity index (χ0) is 9.68. The Morgan fingerprint density at radius 2 is 2.38 bits per heavy atom. The van der Waals surface area contributed by atoms with E-state index >= 15 is 0 Å². The first-order valence-electron chi connectivity index (χ1n) is 4.54. The second-order valence-corrected chi connectivity index (χ2v) is 3.36. The number of anilines is 1. The van der Waals surface area contributed by atoms with Crippen molar-refractivity contribution in [3.05, 3.63) is 24.0 Å². The summed E-state index contributed by atoms with van der Waals surface area (Å²) in [5, 5.41) is 3.26. The number of hydrogen-bond acceptors (Lipinski definition) is 2. The van der Waals surface area contributed by atoms with Gasteiger partial charge >= 0.3 is 0 Å². The third-order valence-electron chi connectivity index (χ3n) is 1.80. The van der Waals surface area contributed by atoms with Gasteiger partial charge in [-0.15, -0.1) is 0 Å². The minimum atomic E-state index is 0.933. The van der Waals surface area contributed by atoms with Crippen LogP contribution in [0, 0.1) is 0 Å². The van der Waals surface area contributed by atoms with Crippen LogP contribution in [0.15, 0.2) is 24.0 Å².